The fourth-order valence-corrected chi connectivity index (χ4v) is 2.56. The van der Waals surface area contributed by atoms with Crippen molar-refractivity contribution in [2.24, 2.45) is 7.05 Å². The Morgan fingerprint density at radius 1 is 1.52 bits per heavy atom. The zero-order valence-electron chi connectivity index (χ0n) is 12.8. The first-order valence-electron chi connectivity index (χ1n) is 6.99. The van der Waals surface area contributed by atoms with Crippen molar-refractivity contribution in [2.45, 2.75) is 12.1 Å². The highest BCUT2D eigenvalue weighted by molar-refractivity contribution is 6.31. The van der Waals surface area contributed by atoms with Crippen LogP contribution in [0.15, 0.2) is 30.6 Å². The van der Waals surface area contributed by atoms with Gasteiger partial charge >= 0.3 is 0 Å². The number of aromatic nitrogens is 2. The lowest BCUT2D eigenvalue weighted by atomic mass is 10.1. The van der Waals surface area contributed by atoms with Crippen LogP contribution in [0.4, 0.5) is 4.39 Å². The Bertz CT molecular complexity index is 672. The molecular formula is C15H18ClFN4O2. The van der Waals surface area contributed by atoms with Crippen molar-refractivity contribution in [2.75, 3.05) is 13.6 Å². The normalized spacial score (nSPS) is 13.6. The van der Waals surface area contributed by atoms with Gasteiger partial charge in [0.15, 0.2) is 0 Å². The number of carbonyl (C=O) groups is 1. The average Bonchev–Trinajstić information content (AvgIpc) is 2.92. The predicted octanol–water partition coefficient (Wildman–Crippen LogP) is 1.32. The fourth-order valence-electron chi connectivity index (χ4n) is 2.27. The van der Waals surface area contributed by atoms with Crippen LogP contribution in [-0.4, -0.2) is 34.4 Å². The molecule has 0 aliphatic carbocycles. The number of nitrogens with one attached hydrogen (secondary N) is 2. The van der Waals surface area contributed by atoms with Gasteiger partial charge in [0.1, 0.15) is 18.0 Å². The Hall–Kier alpha value is -1.96. The average molecular weight is 341 g/mol. The van der Waals surface area contributed by atoms with Crippen molar-refractivity contribution in [3.8, 4) is 0 Å². The number of aliphatic hydroxyl groups excluding tert-OH is 1. The van der Waals surface area contributed by atoms with E-state index in [0.717, 1.165) is 0 Å². The quantitative estimate of drug-likeness (QED) is 0.741. The molecule has 0 spiro atoms. The van der Waals surface area contributed by atoms with E-state index in [4.69, 9.17) is 11.6 Å². The molecule has 0 fully saturated rings. The highest BCUT2D eigenvalue weighted by atomic mass is 35.5. The molecule has 3 N–H and O–H groups in total. The number of benzene rings is 1. The molecule has 1 aromatic heterocycles. The van der Waals surface area contributed by atoms with Crippen molar-refractivity contribution in [1.82, 2.24) is 20.4 Å². The first-order chi connectivity index (χ1) is 10.9. The molecule has 0 saturated heterocycles. The van der Waals surface area contributed by atoms with Crippen molar-refractivity contribution in [1.29, 1.82) is 0 Å². The maximum Gasteiger partial charge on any atom is 0.241 e. The van der Waals surface area contributed by atoms with Gasteiger partial charge < -0.3 is 15.7 Å². The number of hydrogen-bond donors (Lipinski definition) is 3. The van der Waals surface area contributed by atoms with Crippen molar-refractivity contribution >= 4 is 17.5 Å². The second kappa shape index (κ2) is 7.54. The lowest BCUT2D eigenvalue weighted by molar-refractivity contribution is -0.123. The summed E-state index contributed by atoms with van der Waals surface area (Å²) in [7, 11) is 3.39. The van der Waals surface area contributed by atoms with Gasteiger partial charge in [-0.2, -0.15) is 5.10 Å². The Balaban J connectivity index is 2.03. The summed E-state index contributed by atoms with van der Waals surface area (Å²) in [4.78, 5) is 12.2. The monoisotopic (exact) mass is 340 g/mol. The smallest absolute Gasteiger partial charge is 0.241 e. The number of halogens is 2. The van der Waals surface area contributed by atoms with Crippen LogP contribution in [0.25, 0.3) is 0 Å². The van der Waals surface area contributed by atoms with Crippen LogP contribution >= 0.6 is 11.6 Å². The number of aryl methyl sites for hydroxylation is 1. The zero-order valence-corrected chi connectivity index (χ0v) is 13.5. The van der Waals surface area contributed by atoms with Crippen LogP contribution in [0.3, 0.4) is 0 Å². The molecular weight excluding hydrogens is 323 g/mol. The van der Waals surface area contributed by atoms with Crippen LogP contribution in [-0.2, 0) is 11.8 Å². The third-order valence-electron chi connectivity index (χ3n) is 3.41. The molecule has 0 aliphatic heterocycles. The molecule has 2 rings (SSSR count). The summed E-state index contributed by atoms with van der Waals surface area (Å²) in [5.74, 6) is -0.969. The molecule has 23 heavy (non-hydrogen) atoms. The zero-order chi connectivity index (χ0) is 17.0. The third-order valence-corrected chi connectivity index (χ3v) is 3.74. The number of aliphatic hydroxyl groups is 1. The Kier molecular flexibility index (Phi) is 5.70. The minimum Gasteiger partial charge on any atom is -0.386 e. The van der Waals surface area contributed by atoms with E-state index in [2.05, 4.69) is 15.7 Å². The molecule has 0 saturated carbocycles. The largest absolute Gasteiger partial charge is 0.386 e. The molecule has 0 radical (unpaired) electrons. The SMILES string of the molecule is CNC(C(=O)NCC(O)c1c(F)cccc1Cl)c1cnn(C)c1. The van der Waals surface area contributed by atoms with E-state index in [1.807, 2.05) is 0 Å². The summed E-state index contributed by atoms with van der Waals surface area (Å²) in [6.45, 7) is -0.155. The van der Waals surface area contributed by atoms with Gasteiger partial charge in [-0.15, -0.1) is 0 Å². The van der Waals surface area contributed by atoms with Crippen molar-refractivity contribution in [3.63, 3.8) is 0 Å². The third kappa shape index (κ3) is 4.07. The second-order valence-corrected chi connectivity index (χ2v) is 5.47. The maximum atomic E-state index is 13.7. The van der Waals surface area contributed by atoms with Gasteiger partial charge in [-0.3, -0.25) is 9.48 Å². The van der Waals surface area contributed by atoms with Crippen molar-refractivity contribution in [3.05, 3.63) is 52.6 Å². The molecule has 0 aliphatic rings. The highest BCUT2D eigenvalue weighted by Crippen LogP contribution is 2.25. The summed E-state index contributed by atoms with van der Waals surface area (Å²) in [6, 6.07) is 3.52. The van der Waals surface area contributed by atoms with E-state index < -0.39 is 18.0 Å². The molecule has 8 heteroatoms. The van der Waals surface area contributed by atoms with Gasteiger partial charge in [0.2, 0.25) is 5.91 Å². The lowest BCUT2D eigenvalue weighted by Gasteiger charge is -2.18. The van der Waals surface area contributed by atoms with Gasteiger partial charge in [0, 0.05) is 35.9 Å². The summed E-state index contributed by atoms with van der Waals surface area (Å²) >= 11 is 5.89. The van der Waals surface area contributed by atoms with E-state index >= 15 is 0 Å². The number of amides is 1. The standard InChI is InChI=1S/C15H18ClFN4O2/c1-18-14(9-6-20-21(2)8-9)15(23)19-7-12(22)13-10(16)4-3-5-11(13)17/h3-6,8,12,14,18,22H,7H2,1-2H3,(H,19,23). The topological polar surface area (TPSA) is 79.2 Å². The number of hydrogen-bond acceptors (Lipinski definition) is 4. The van der Waals surface area contributed by atoms with Crippen LogP contribution in [0.2, 0.25) is 5.02 Å². The Morgan fingerprint density at radius 2 is 2.26 bits per heavy atom. The number of nitrogens with zero attached hydrogens (tertiary/aromatic N) is 2. The lowest BCUT2D eigenvalue weighted by Crippen LogP contribution is -2.38. The van der Waals surface area contributed by atoms with Gasteiger partial charge in [-0.05, 0) is 19.2 Å². The molecule has 0 bridgehead atoms. The molecule has 1 amide bonds. The van der Waals surface area contributed by atoms with Crippen LogP contribution in [0.5, 0.6) is 0 Å². The minimum atomic E-state index is -1.24. The number of carbonyl (C=O) groups excluding carboxylic acids is 1. The Morgan fingerprint density at radius 3 is 2.83 bits per heavy atom. The Labute approximate surface area is 138 Å². The number of likely N-dealkylation sites (N-methyl/N-ethyl adjacent to an activating group) is 1. The van der Waals surface area contributed by atoms with Crippen LogP contribution in [0, 0.1) is 5.82 Å². The molecule has 1 heterocycles. The summed E-state index contributed by atoms with van der Waals surface area (Å²) < 4.78 is 15.3. The van der Waals surface area contributed by atoms with Gasteiger partial charge in [0.25, 0.3) is 0 Å². The minimum absolute atomic E-state index is 0.0307. The molecule has 2 aromatic rings. The van der Waals surface area contributed by atoms with Gasteiger partial charge in [-0.25, -0.2) is 4.39 Å². The maximum absolute atomic E-state index is 13.7. The predicted molar refractivity (Wildman–Crippen MR) is 84.4 cm³/mol. The van der Waals surface area contributed by atoms with Gasteiger partial charge in [-0.1, -0.05) is 17.7 Å². The number of rotatable bonds is 6. The van der Waals surface area contributed by atoms with E-state index in [1.165, 1.54) is 18.2 Å². The first kappa shape index (κ1) is 17.4. The molecule has 6 nitrogen and oxygen atoms in total. The fraction of sp³-hybridized carbons (Fsp3) is 0.333. The van der Waals surface area contributed by atoms with Crippen LogP contribution in [0.1, 0.15) is 23.3 Å². The summed E-state index contributed by atoms with van der Waals surface area (Å²) in [5.41, 5.74) is 0.655. The summed E-state index contributed by atoms with van der Waals surface area (Å²) in [5, 5.41) is 19.7. The first-order valence-corrected chi connectivity index (χ1v) is 7.37. The van der Waals surface area contributed by atoms with Crippen LogP contribution < -0.4 is 10.6 Å². The highest BCUT2D eigenvalue weighted by Gasteiger charge is 2.22. The molecule has 124 valence electrons. The van der Waals surface area contributed by atoms with E-state index in [1.54, 1.807) is 31.2 Å². The second-order valence-electron chi connectivity index (χ2n) is 5.07. The molecule has 2 atom stereocenters. The van der Waals surface area contributed by atoms with E-state index in [-0.39, 0.29) is 23.0 Å². The van der Waals surface area contributed by atoms with E-state index in [9.17, 15) is 14.3 Å². The van der Waals surface area contributed by atoms with Gasteiger partial charge in [0.05, 0.1) is 6.20 Å². The van der Waals surface area contributed by atoms with E-state index in [0.29, 0.717) is 5.56 Å². The molecule has 1 aromatic carbocycles. The molecule has 2 unspecified atom stereocenters. The van der Waals surface area contributed by atoms with Crippen molar-refractivity contribution < 1.29 is 14.3 Å². The summed E-state index contributed by atoms with van der Waals surface area (Å²) in [6.07, 6.45) is 2.05.